The minimum atomic E-state index is -0.141. The van der Waals surface area contributed by atoms with Gasteiger partial charge in [-0.15, -0.1) is 5.10 Å². The summed E-state index contributed by atoms with van der Waals surface area (Å²) < 4.78 is 2.08. The number of anilines is 1. The van der Waals surface area contributed by atoms with E-state index < -0.39 is 0 Å². The van der Waals surface area contributed by atoms with Crippen molar-refractivity contribution in [3.8, 4) is 22.5 Å². The Morgan fingerprint density at radius 1 is 1.00 bits per heavy atom. The molecule has 1 aliphatic heterocycles. The molecule has 0 spiro atoms. The molecule has 0 N–H and O–H groups in total. The van der Waals surface area contributed by atoms with E-state index >= 15 is 0 Å². The van der Waals surface area contributed by atoms with Gasteiger partial charge in [0, 0.05) is 29.4 Å². The highest BCUT2D eigenvalue weighted by Gasteiger charge is 2.30. The number of rotatable bonds is 2. The lowest BCUT2D eigenvalue weighted by Crippen LogP contribution is -2.33. The molecule has 1 atom stereocenters. The summed E-state index contributed by atoms with van der Waals surface area (Å²) in [6, 6.07) is 17.8. The molecule has 0 aliphatic carbocycles. The third kappa shape index (κ3) is 2.93. The Balaban J connectivity index is 2.07. The van der Waals surface area contributed by atoms with Crippen molar-refractivity contribution in [2.75, 3.05) is 4.90 Å². The van der Waals surface area contributed by atoms with Crippen molar-refractivity contribution < 1.29 is 0 Å². The zero-order valence-corrected chi connectivity index (χ0v) is 16.9. The van der Waals surface area contributed by atoms with Crippen molar-refractivity contribution >= 4 is 5.69 Å². The maximum Gasteiger partial charge on any atom is 0.123 e. The number of hydrogen-bond acceptors (Lipinski definition) is 3. The summed E-state index contributed by atoms with van der Waals surface area (Å²) in [5.74, 6) is 0. The summed E-state index contributed by atoms with van der Waals surface area (Å²) in [4.78, 5) is 2.51. The van der Waals surface area contributed by atoms with Crippen molar-refractivity contribution in [1.29, 1.82) is 0 Å². The fourth-order valence-corrected chi connectivity index (χ4v) is 3.87. The lowest BCUT2D eigenvalue weighted by atomic mass is 9.93. The highest BCUT2D eigenvalue weighted by atomic mass is 15.5. The van der Waals surface area contributed by atoms with Gasteiger partial charge in [-0.3, -0.25) is 0 Å². The van der Waals surface area contributed by atoms with Crippen LogP contribution < -0.4 is 4.90 Å². The molecule has 0 amide bonds. The normalized spacial score (nSPS) is 14.6. The van der Waals surface area contributed by atoms with E-state index in [4.69, 9.17) is 0 Å². The quantitative estimate of drug-likeness (QED) is 0.606. The summed E-state index contributed by atoms with van der Waals surface area (Å²) in [7, 11) is 0. The number of benzene rings is 2. The van der Waals surface area contributed by atoms with Gasteiger partial charge in [-0.1, -0.05) is 54.6 Å². The van der Waals surface area contributed by atoms with Crippen LogP contribution in [-0.2, 0) is 12.1 Å². The second kappa shape index (κ2) is 6.52. The van der Waals surface area contributed by atoms with E-state index in [0.29, 0.717) is 6.04 Å². The highest BCUT2D eigenvalue weighted by Crippen LogP contribution is 2.42. The summed E-state index contributed by atoms with van der Waals surface area (Å²) in [6.45, 7) is 12.0. The maximum absolute atomic E-state index is 4.67. The van der Waals surface area contributed by atoms with Crippen molar-refractivity contribution in [3.05, 3.63) is 54.1 Å². The van der Waals surface area contributed by atoms with Gasteiger partial charge in [-0.25, -0.2) is 4.68 Å². The average molecular weight is 361 g/mol. The molecule has 0 saturated carbocycles. The van der Waals surface area contributed by atoms with Crippen molar-refractivity contribution in [2.45, 2.75) is 59.2 Å². The second-order valence-corrected chi connectivity index (χ2v) is 8.43. The van der Waals surface area contributed by atoms with Gasteiger partial charge in [0.05, 0.1) is 11.2 Å². The highest BCUT2D eigenvalue weighted by molar-refractivity contribution is 5.88. The molecule has 4 heteroatoms. The fourth-order valence-electron chi connectivity index (χ4n) is 3.87. The zero-order valence-electron chi connectivity index (χ0n) is 16.9. The van der Waals surface area contributed by atoms with Crippen molar-refractivity contribution in [3.63, 3.8) is 0 Å². The van der Waals surface area contributed by atoms with Crippen LogP contribution in [0.5, 0.6) is 0 Å². The van der Waals surface area contributed by atoms with Gasteiger partial charge in [-0.2, -0.15) is 0 Å². The zero-order chi connectivity index (χ0) is 19.2. The fraction of sp³-hybridized carbons (Fsp3) is 0.391. The van der Waals surface area contributed by atoms with Crippen molar-refractivity contribution in [2.24, 2.45) is 0 Å². The van der Waals surface area contributed by atoms with Gasteiger partial charge in [0.15, 0.2) is 0 Å². The Morgan fingerprint density at radius 3 is 2.37 bits per heavy atom. The number of hydrogen-bond donors (Lipinski definition) is 0. The molecule has 0 bridgehead atoms. The van der Waals surface area contributed by atoms with Crippen LogP contribution in [0.3, 0.4) is 0 Å². The molecule has 4 nitrogen and oxygen atoms in total. The van der Waals surface area contributed by atoms with Crippen LogP contribution in [-0.4, -0.2) is 21.0 Å². The molecule has 0 fully saturated rings. The van der Waals surface area contributed by atoms with Crippen LogP contribution >= 0.6 is 0 Å². The maximum atomic E-state index is 4.67. The van der Waals surface area contributed by atoms with Crippen LogP contribution in [0.2, 0.25) is 0 Å². The molecule has 0 radical (unpaired) electrons. The topological polar surface area (TPSA) is 34.0 Å². The molecular weight excluding hydrogens is 332 g/mol. The van der Waals surface area contributed by atoms with E-state index in [-0.39, 0.29) is 5.54 Å². The van der Waals surface area contributed by atoms with E-state index in [1.165, 1.54) is 16.8 Å². The van der Waals surface area contributed by atoms with E-state index in [2.05, 4.69) is 103 Å². The lowest BCUT2D eigenvalue weighted by Gasteiger charge is -2.35. The third-order valence-corrected chi connectivity index (χ3v) is 5.51. The lowest BCUT2D eigenvalue weighted by molar-refractivity contribution is 0.351. The molecule has 1 aromatic heterocycles. The second-order valence-electron chi connectivity index (χ2n) is 8.43. The summed E-state index contributed by atoms with van der Waals surface area (Å²) in [6.07, 6.45) is 1.10. The summed E-state index contributed by atoms with van der Waals surface area (Å²) >= 11 is 0. The predicted octanol–water partition coefficient (Wildman–Crippen LogP) is 5.49. The van der Waals surface area contributed by atoms with Crippen molar-refractivity contribution in [1.82, 2.24) is 15.0 Å². The van der Waals surface area contributed by atoms with Gasteiger partial charge in [0.1, 0.15) is 5.69 Å². The molecule has 4 rings (SSSR count). The minimum absolute atomic E-state index is 0.141. The Bertz CT molecular complexity index is 965. The molecule has 3 aromatic rings. The first-order chi connectivity index (χ1) is 12.9. The predicted molar refractivity (Wildman–Crippen MR) is 112 cm³/mol. The SMILES string of the molecule is CCC(C)N1Cc2ccccc2-c2c(nnn2C(C)(C)C)-c2ccccc21. The average Bonchev–Trinajstić information content (AvgIpc) is 3.09. The molecule has 0 saturated heterocycles. The first-order valence-electron chi connectivity index (χ1n) is 9.82. The number of fused-ring (bicyclic) bond motifs is 5. The van der Waals surface area contributed by atoms with Gasteiger partial charge < -0.3 is 4.90 Å². The van der Waals surface area contributed by atoms with Crippen LogP contribution in [0.1, 0.15) is 46.6 Å². The number of para-hydroxylation sites is 1. The number of aromatic nitrogens is 3. The van der Waals surface area contributed by atoms with Crippen LogP contribution in [0.25, 0.3) is 22.5 Å². The van der Waals surface area contributed by atoms with Crippen LogP contribution in [0.15, 0.2) is 48.5 Å². The monoisotopic (exact) mass is 360 g/mol. The molecule has 1 unspecified atom stereocenters. The van der Waals surface area contributed by atoms with E-state index in [1.54, 1.807) is 0 Å². The Kier molecular flexibility index (Phi) is 4.29. The van der Waals surface area contributed by atoms with Gasteiger partial charge in [0.2, 0.25) is 0 Å². The van der Waals surface area contributed by atoms with E-state index in [9.17, 15) is 0 Å². The van der Waals surface area contributed by atoms with E-state index in [0.717, 1.165) is 29.9 Å². The Hall–Kier alpha value is -2.62. The van der Waals surface area contributed by atoms with Gasteiger partial charge in [0.25, 0.3) is 0 Å². The van der Waals surface area contributed by atoms with Crippen LogP contribution in [0.4, 0.5) is 5.69 Å². The largest absolute Gasteiger partial charge is 0.364 e. The molecular formula is C23H28N4. The van der Waals surface area contributed by atoms with E-state index in [1.807, 2.05) is 0 Å². The standard InChI is InChI=1S/C23H28N4/c1-6-16(2)26-15-17-11-7-8-12-18(17)22-21(19-13-9-10-14-20(19)26)24-25-27(22)23(3,4)5/h7-14,16H,6,15H2,1-5H3. The van der Waals surface area contributed by atoms with Crippen LogP contribution in [0, 0.1) is 0 Å². The number of nitrogens with zero attached hydrogens (tertiary/aromatic N) is 4. The minimum Gasteiger partial charge on any atom is -0.364 e. The first kappa shape index (κ1) is 17.8. The molecule has 2 heterocycles. The van der Waals surface area contributed by atoms with Gasteiger partial charge in [-0.05, 0) is 45.7 Å². The summed E-state index contributed by atoms with van der Waals surface area (Å²) in [5, 5.41) is 9.26. The molecule has 2 aromatic carbocycles. The molecule has 1 aliphatic rings. The first-order valence-corrected chi connectivity index (χ1v) is 9.82. The van der Waals surface area contributed by atoms with Gasteiger partial charge >= 0.3 is 0 Å². The Morgan fingerprint density at radius 2 is 1.67 bits per heavy atom. The molecule has 140 valence electrons. The smallest absolute Gasteiger partial charge is 0.123 e. The molecule has 27 heavy (non-hydrogen) atoms. The third-order valence-electron chi connectivity index (χ3n) is 5.51. The summed E-state index contributed by atoms with van der Waals surface area (Å²) in [5.41, 5.74) is 6.91. The Labute approximate surface area is 161 Å².